The number of methoxy groups -OCH3 is 3. The van der Waals surface area contributed by atoms with Crippen LogP contribution in [0.1, 0.15) is 62.3 Å². The van der Waals surface area contributed by atoms with E-state index in [4.69, 9.17) is 27.5 Å². The molecule has 3 rings (SSSR count). The van der Waals surface area contributed by atoms with E-state index in [0.717, 1.165) is 27.3 Å². The standard InChI is InChI=1S/C35H58O6Si3/c1-33(2,3)42(13,14)39-27-21-23-19-20-24-25(28(23)32(38-12)30(27)37-11)22-26(36-10)31(41-44(17,18)35(7,8)9)29(24)40-43(15,16)34(4,5)6/h19-22H,1-18H3. The first-order valence-corrected chi connectivity index (χ1v) is 24.4. The Bertz CT molecular complexity index is 1520. The Kier molecular flexibility index (Phi) is 9.66. The lowest BCUT2D eigenvalue weighted by Crippen LogP contribution is -2.46. The largest absolute Gasteiger partial charge is 0.541 e. The van der Waals surface area contributed by atoms with Crippen molar-refractivity contribution < 1.29 is 27.5 Å². The Balaban J connectivity index is 2.52. The van der Waals surface area contributed by atoms with Crippen molar-refractivity contribution in [1.29, 1.82) is 0 Å². The van der Waals surface area contributed by atoms with E-state index in [2.05, 4.69) is 126 Å². The molecule has 9 heteroatoms. The number of hydrogen-bond acceptors (Lipinski definition) is 6. The van der Waals surface area contributed by atoms with Gasteiger partial charge in [0.05, 0.1) is 21.3 Å². The van der Waals surface area contributed by atoms with Crippen molar-refractivity contribution in [1.82, 2.24) is 0 Å². The lowest BCUT2D eigenvalue weighted by atomic mass is 9.99. The third kappa shape index (κ3) is 6.60. The second-order valence-electron chi connectivity index (χ2n) is 16.5. The van der Waals surface area contributed by atoms with Gasteiger partial charge in [-0.3, -0.25) is 0 Å². The van der Waals surface area contributed by atoms with Crippen molar-refractivity contribution in [3.63, 3.8) is 0 Å². The summed E-state index contributed by atoms with van der Waals surface area (Å²) in [6, 6.07) is 8.41. The van der Waals surface area contributed by atoms with Crippen LogP contribution in [0.25, 0.3) is 21.5 Å². The summed E-state index contributed by atoms with van der Waals surface area (Å²) in [5.74, 6) is 3.98. The molecular formula is C35H58O6Si3. The average molecular weight is 659 g/mol. The van der Waals surface area contributed by atoms with Gasteiger partial charge in [0, 0.05) is 16.2 Å². The number of benzene rings is 3. The molecule has 0 unspecified atom stereocenters. The lowest BCUT2D eigenvalue weighted by Gasteiger charge is -2.40. The van der Waals surface area contributed by atoms with Gasteiger partial charge < -0.3 is 27.5 Å². The second kappa shape index (κ2) is 11.8. The van der Waals surface area contributed by atoms with Crippen LogP contribution in [0.3, 0.4) is 0 Å². The van der Waals surface area contributed by atoms with Gasteiger partial charge in [-0.25, -0.2) is 0 Å². The fraction of sp³-hybridized carbons (Fsp3) is 0.600. The normalized spacial score (nSPS) is 13.7. The highest BCUT2D eigenvalue weighted by atomic mass is 28.4. The summed E-state index contributed by atoms with van der Waals surface area (Å²) in [5.41, 5.74) is 0. The Hall–Kier alpha value is -2.37. The first-order chi connectivity index (χ1) is 19.8. The van der Waals surface area contributed by atoms with Gasteiger partial charge in [-0.15, -0.1) is 0 Å². The van der Waals surface area contributed by atoms with E-state index in [1.807, 2.05) is 0 Å². The Morgan fingerprint density at radius 3 is 1.34 bits per heavy atom. The maximum Gasteiger partial charge on any atom is 0.250 e. The van der Waals surface area contributed by atoms with Crippen molar-refractivity contribution in [2.75, 3.05) is 21.3 Å². The van der Waals surface area contributed by atoms with E-state index in [1.165, 1.54) is 0 Å². The second-order valence-corrected chi connectivity index (χ2v) is 30.7. The molecule has 0 N–H and O–H groups in total. The number of hydrogen-bond donors (Lipinski definition) is 0. The van der Waals surface area contributed by atoms with E-state index < -0.39 is 25.0 Å². The molecule has 0 fully saturated rings. The molecule has 6 nitrogen and oxygen atoms in total. The zero-order valence-corrected chi connectivity index (χ0v) is 33.8. The molecule has 3 aromatic rings. The quantitative estimate of drug-likeness (QED) is 0.168. The minimum absolute atomic E-state index is 0.0122. The van der Waals surface area contributed by atoms with Gasteiger partial charge in [0.2, 0.25) is 5.75 Å². The van der Waals surface area contributed by atoms with Gasteiger partial charge in [0.25, 0.3) is 25.0 Å². The summed E-state index contributed by atoms with van der Waals surface area (Å²) in [4.78, 5) is 0. The van der Waals surface area contributed by atoms with Crippen LogP contribution < -0.4 is 27.5 Å². The highest BCUT2D eigenvalue weighted by Gasteiger charge is 2.44. The van der Waals surface area contributed by atoms with Crippen LogP contribution >= 0.6 is 0 Å². The molecule has 0 aliphatic rings. The van der Waals surface area contributed by atoms with Gasteiger partial charge in [-0.1, -0.05) is 68.4 Å². The monoisotopic (exact) mass is 658 g/mol. The summed E-state index contributed by atoms with van der Waals surface area (Å²) in [6.07, 6.45) is 0. The molecule has 0 amide bonds. The van der Waals surface area contributed by atoms with Gasteiger partial charge in [-0.05, 0) is 78.0 Å². The molecule has 246 valence electrons. The molecule has 0 heterocycles. The third-order valence-electron chi connectivity index (χ3n) is 10.3. The topological polar surface area (TPSA) is 55.4 Å². The van der Waals surface area contributed by atoms with E-state index in [0.29, 0.717) is 28.7 Å². The molecular weight excluding hydrogens is 601 g/mol. The average Bonchev–Trinajstić information content (AvgIpc) is 2.86. The Morgan fingerprint density at radius 2 is 0.909 bits per heavy atom. The van der Waals surface area contributed by atoms with E-state index in [1.54, 1.807) is 21.3 Å². The smallest absolute Gasteiger partial charge is 0.250 e. The SMILES string of the molecule is COc1cc2c(ccc3cc(O[Si](C)(C)C(C)(C)C)c(OC)c(OC)c32)c(O[Si](C)(C)C(C)(C)C)c1O[Si](C)(C)C(C)(C)C. The molecule has 0 aromatic heterocycles. The highest BCUT2D eigenvalue weighted by molar-refractivity contribution is 6.76. The van der Waals surface area contributed by atoms with Crippen LogP contribution in [0.2, 0.25) is 54.4 Å². The predicted molar refractivity (Wildman–Crippen MR) is 195 cm³/mol. The molecule has 0 radical (unpaired) electrons. The van der Waals surface area contributed by atoms with Gasteiger partial charge in [0.15, 0.2) is 28.7 Å². The summed E-state index contributed by atoms with van der Waals surface area (Å²) in [7, 11) is -1.68. The molecule has 0 spiro atoms. The van der Waals surface area contributed by atoms with Crippen LogP contribution in [0, 0.1) is 0 Å². The van der Waals surface area contributed by atoms with Crippen molar-refractivity contribution >= 4 is 46.5 Å². The Labute approximate surface area is 270 Å². The van der Waals surface area contributed by atoms with Crippen LogP contribution in [0.5, 0.6) is 34.5 Å². The lowest BCUT2D eigenvalue weighted by molar-refractivity contribution is 0.343. The molecule has 0 atom stereocenters. The number of fused-ring (bicyclic) bond motifs is 3. The summed E-state index contributed by atoms with van der Waals surface area (Å²) < 4.78 is 39.3. The Morgan fingerprint density at radius 1 is 0.455 bits per heavy atom. The summed E-state index contributed by atoms with van der Waals surface area (Å²) >= 11 is 0. The molecule has 0 saturated carbocycles. The maximum atomic E-state index is 7.18. The van der Waals surface area contributed by atoms with Crippen LogP contribution in [0.4, 0.5) is 0 Å². The van der Waals surface area contributed by atoms with E-state index >= 15 is 0 Å². The molecule has 0 bridgehead atoms. The molecule has 0 saturated heterocycles. The predicted octanol–water partition coefficient (Wildman–Crippen LogP) is 11.2. The van der Waals surface area contributed by atoms with Gasteiger partial charge in [0.1, 0.15) is 0 Å². The molecule has 3 aromatic carbocycles. The van der Waals surface area contributed by atoms with E-state index in [9.17, 15) is 0 Å². The number of ether oxygens (including phenoxy) is 3. The van der Waals surface area contributed by atoms with Crippen LogP contribution in [-0.2, 0) is 0 Å². The molecule has 0 aliphatic heterocycles. The fourth-order valence-corrected chi connectivity index (χ4v) is 7.32. The zero-order chi connectivity index (χ0) is 33.8. The summed E-state index contributed by atoms with van der Waals surface area (Å²) in [5, 5.41) is 3.79. The van der Waals surface area contributed by atoms with Crippen molar-refractivity contribution in [3.8, 4) is 34.5 Å². The van der Waals surface area contributed by atoms with Crippen LogP contribution in [-0.4, -0.2) is 46.3 Å². The van der Waals surface area contributed by atoms with Gasteiger partial charge >= 0.3 is 0 Å². The zero-order valence-electron chi connectivity index (χ0n) is 30.8. The highest BCUT2D eigenvalue weighted by Crippen LogP contribution is 2.54. The number of rotatable bonds is 9. The first-order valence-electron chi connectivity index (χ1n) is 15.6. The first kappa shape index (κ1) is 36.1. The fourth-order valence-electron chi connectivity index (χ4n) is 4.28. The van der Waals surface area contributed by atoms with E-state index in [-0.39, 0.29) is 15.1 Å². The van der Waals surface area contributed by atoms with Crippen molar-refractivity contribution in [2.24, 2.45) is 0 Å². The summed E-state index contributed by atoms with van der Waals surface area (Å²) in [6.45, 7) is 33.7. The van der Waals surface area contributed by atoms with Gasteiger partial charge in [-0.2, -0.15) is 0 Å². The minimum atomic E-state index is -2.30. The third-order valence-corrected chi connectivity index (χ3v) is 23.3. The maximum absolute atomic E-state index is 7.18. The van der Waals surface area contributed by atoms with Crippen molar-refractivity contribution in [3.05, 3.63) is 24.3 Å². The molecule has 44 heavy (non-hydrogen) atoms. The van der Waals surface area contributed by atoms with Crippen LogP contribution in [0.15, 0.2) is 24.3 Å². The minimum Gasteiger partial charge on any atom is -0.541 e. The molecule has 0 aliphatic carbocycles. The van der Waals surface area contributed by atoms with Crippen molar-refractivity contribution in [2.45, 2.75) is 117 Å².